The maximum atomic E-state index is 13.8. The van der Waals surface area contributed by atoms with Gasteiger partial charge in [0.25, 0.3) is 10.0 Å². The highest BCUT2D eigenvalue weighted by Gasteiger charge is 2.36. The van der Waals surface area contributed by atoms with E-state index >= 15 is 0 Å². The lowest BCUT2D eigenvalue weighted by Gasteiger charge is -2.17. The van der Waals surface area contributed by atoms with Gasteiger partial charge in [-0.3, -0.25) is 0 Å². The van der Waals surface area contributed by atoms with Gasteiger partial charge in [0.05, 0.1) is 16.2 Å². The first kappa shape index (κ1) is 21.8. The smallest absolute Gasteiger partial charge is 0.393 e. The Hall–Kier alpha value is -3.37. The summed E-state index contributed by atoms with van der Waals surface area (Å²) >= 11 is 0. The molecule has 10 heteroatoms. The molecular weight excluding hydrogens is 443 g/mol. The van der Waals surface area contributed by atoms with Gasteiger partial charge in [0.15, 0.2) is 5.75 Å². The number of nitrogens with one attached hydrogen (secondary N) is 1. The van der Waals surface area contributed by atoms with E-state index in [1.54, 1.807) is 34.9 Å². The van der Waals surface area contributed by atoms with E-state index in [2.05, 4.69) is 4.98 Å². The van der Waals surface area contributed by atoms with Gasteiger partial charge in [0.2, 0.25) is 0 Å². The maximum Gasteiger partial charge on any atom is 0.417 e. The Bertz CT molecular complexity index is 1400. The summed E-state index contributed by atoms with van der Waals surface area (Å²) in [5.41, 5.74) is 0.433. The maximum absolute atomic E-state index is 13.8. The monoisotopic (exact) mass is 461 g/mol. The van der Waals surface area contributed by atoms with E-state index in [1.165, 1.54) is 25.3 Å². The third kappa shape index (κ3) is 4.06. The summed E-state index contributed by atoms with van der Waals surface area (Å²) < 4.78 is 67.8. The molecule has 0 saturated carbocycles. The number of halogens is 3. The number of aryl methyl sites for hydroxylation is 1. The van der Waals surface area contributed by atoms with Crippen LogP contribution in [0, 0.1) is 13.8 Å². The number of aromatic nitrogens is 2. The Morgan fingerprint density at radius 3 is 2.38 bits per heavy atom. The summed E-state index contributed by atoms with van der Waals surface area (Å²) in [5, 5.41) is 0. The van der Waals surface area contributed by atoms with Crippen LogP contribution in [0.1, 0.15) is 16.7 Å². The predicted molar refractivity (Wildman–Crippen MR) is 112 cm³/mol. The predicted octanol–water partition coefficient (Wildman–Crippen LogP) is 4.91. The molecule has 32 heavy (non-hydrogen) atoms. The lowest BCUT2D eigenvalue weighted by atomic mass is 9.98. The summed E-state index contributed by atoms with van der Waals surface area (Å²) in [7, 11) is -4.03. The largest absolute Gasteiger partial charge is 0.417 e. The number of alkyl halides is 3. The summed E-state index contributed by atoms with van der Waals surface area (Å²) in [6.07, 6.45) is -1.46. The highest BCUT2D eigenvalue weighted by atomic mass is 32.2. The second-order valence-corrected chi connectivity index (χ2v) is 8.80. The summed E-state index contributed by atoms with van der Waals surface area (Å²) in [5.74, 6) is -0.0683. The summed E-state index contributed by atoms with van der Waals surface area (Å²) in [6.45, 7) is 3.23. The fourth-order valence-corrected chi connectivity index (χ4v) is 4.20. The summed E-state index contributed by atoms with van der Waals surface area (Å²) in [4.78, 5) is 11.6. The van der Waals surface area contributed by atoms with E-state index in [-0.39, 0.29) is 27.5 Å². The van der Waals surface area contributed by atoms with E-state index in [1.807, 2.05) is 17.9 Å². The molecule has 4 rings (SSSR count). The van der Waals surface area contributed by atoms with Crippen molar-refractivity contribution in [1.29, 1.82) is 0 Å². The molecule has 1 N–H and O–H groups in total. The SMILES string of the molecule is Cc1c(ONS(=O)(=O)c2ccccc2)ccc(C(F)(F)F)c1-c1cn2cccc(C)c2n1. The van der Waals surface area contributed by atoms with Gasteiger partial charge in [-0.1, -0.05) is 24.3 Å². The van der Waals surface area contributed by atoms with Crippen LogP contribution in [0.4, 0.5) is 13.2 Å². The van der Waals surface area contributed by atoms with Crippen molar-refractivity contribution in [2.75, 3.05) is 0 Å². The molecule has 0 amide bonds. The van der Waals surface area contributed by atoms with Crippen LogP contribution in [0.25, 0.3) is 16.9 Å². The summed E-state index contributed by atoms with van der Waals surface area (Å²) in [6, 6.07) is 13.0. The minimum absolute atomic E-state index is 0.0411. The normalized spacial score (nSPS) is 12.3. The minimum atomic E-state index is -4.65. The van der Waals surface area contributed by atoms with Gasteiger partial charge in [-0.15, -0.1) is 0 Å². The van der Waals surface area contributed by atoms with E-state index in [0.717, 1.165) is 17.7 Å². The number of hydrogen-bond acceptors (Lipinski definition) is 4. The van der Waals surface area contributed by atoms with Crippen molar-refractivity contribution in [2.24, 2.45) is 0 Å². The Balaban J connectivity index is 1.78. The van der Waals surface area contributed by atoms with Crippen molar-refractivity contribution >= 4 is 15.7 Å². The number of fused-ring (bicyclic) bond motifs is 1. The number of benzene rings is 2. The molecule has 4 aromatic rings. The quantitative estimate of drug-likeness (QED) is 0.429. The van der Waals surface area contributed by atoms with Gasteiger partial charge in [0.1, 0.15) is 5.65 Å². The fraction of sp³-hybridized carbons (Fsp3) is 0.136. The van der Waals surface area contributed by atoms with Gasteiger partial charge in [-0.05, 0) is 54.6 Å². The van der Waals surface area contributed by atoms with Crippen molar-refractivity contribution in [3.05, 3.63) is 83.7 Å². The third-order valence-electron chi connectivity index (χ3n) is 4.97. The second kappa shape index (κ2) is 7.95. The molecule has 0 bridgehead atoms. The first-order chi connectivity index (χ1) is 15.1. The highest BCUT2D eigenvalue weighted by molar-refractivity contribution is 7.89. The average molecular weight is 461 g/mol. The molecule has 0 spiro atoms. The van der Waals surface area contributed by atoms with E-state index < -0.39 is 21.8 Å². The number of rotatable bonds is 5. The molecule has 166 valence electrons. The van der Waals surface area contributed by atoms with Crippen LogP contribution in [0.15, 0.2) is 71.9 Å². The van der Waals surface area contributed by atoms with Crippen LogP contribution in [0.2, 0.25) is 0 Å². The molecule has 2 heterocycles. The fourth-order valence-electron chi connectivity index (χ4n) is 3.39. The second-order valence-electron chi connectivity index (χ2n) is 7.16. The van der Waals surface area contributed by atoms with Crippen LogP contribution >= 0.6 is 0 Å². The molecule has 2 aromatic heterocycles. The number of pyridine rings is 1. The Kier molecular flexibility index (Phi) is 5.43. The number of imidazole rings is 1. The first-order valence-corrected chi connectivity index (χ1v) is 11.0. The van der Waals surface area contributed by atoms with Crippen molar-refractivity contribution in [2.45, 2.75) is 24.9 Å². The van der Waals surface area contributed by atoms with Crippen LogP contribution < -0.4 is 9.72 Å². The molecular formula is C22H18F3N3O3S. The molecule has 0 fully saturated rings. The molecule has 0 radical (unpaired) electrons. The van der Waals surface area contributed by atoms with Crippen LogP contribution in [0.5, 0.6) is 5.75 Å². The molecule has 0 aliphatic carbocycles. The number of nitrogens with zero attached hydrogens (tertiary/aromatic N) is 2. The van der Waals surface area contributed by atoms with E-state index in [9.17, 15) is 21.6 Å². The topological polar surface area (TPSA) is 72.7 Å². The molecule has 0 atom stereocenters. The van der Waals surface area contributed by atoms with E-state index in [0.29, 0.717) is 5.65 Å². The lowest BCUT2D eigenvalue weighted by Crippen LogP contribution is -2.27. The Labute approximate surface area is 182 Å². The molecule has 0 aliphatic rings. The lowest BCUT2D eigenvalue weighted by molar-refractivity contribution is -0.137. The van der Waals surface area contributed by atoms with Crippen molar-refractivity contribution < 1.29 is 26.4 Å². The molecule has 0 saturated heterocycles. The van der Waals surface area contributed by atoms with Crippen molar-refractivity contribution in [3.63, 3.8) is 0 Å². The molecule has 0 unspecified atom stereocenters. The first-order valence-electron chi connectivity index (χ1n) is 9.47. The Morgan fingerprint density at radius 1 is 1.00 bits per heavy atom. The van der Waals surface area contributed by atoms with Crippen molar-refractivity contribution in [1.82, 2.24) is 14.3 Å². The number of hydrogen-bond donors (Lipinski definition) is 1. The zero-order valence-corrected chi connectivity index (χ0v) is 17.8. The zero-order valence-electron chi connectivity index (χ0n) is 17.0. The van der Waals surface area contributed by atoms with Gasteiger partial charge in [0, 0.05) is 23.5 Å². The molecule has 0 aliphatic heterocycles. The van der Waals surface area contributed by atoms with Gasteiger partial charge in [-0.25, -0.2) is 13.4 Å². The minimum Gasteiger partial charge on any atom is -0.393 e. The van der Waals surface area contributed by atoms with Crippen LogP contribution in [-0.2, 0) is 16.2 Å². The third-order valence-corrected chi connectivity index (χ3v) is 6.17. The zero-order chi connectivity index (χ0) is 23.1. The van der Waals surface area contributed by atoms with Crippen LogP contribution in [-0.4, -0.2) is 17.8 Å². The van der Waals surface area contributed by atoms with Gasteiger partial charge >= 0.3 is 6.18 Å². The number of sulfonamides is 1. The Morgan fingerprint density at radius 2 is 1.72 bits per heavy atom. The molecule has 6 nitrogen and oxygen atoms in total. The molecule has 2 aromatic carbocycles. The highest BCUT2D eigenvalue weighted by Crippen LogP contribution is 2.41. The van der Waals surface area contributed by atoms with Crippen LogP contribution in [0.3, 0.4) is 0 Å². The van der Waals surface area contributed by atoms with Gasteiger partial charge < -0.3 is 9.24 Å². The standard InChI is InChI=1S/C22H18F3N3O3S/c1-14-7-6-12-28-13-18(26-21(14)28)20-15(2)19(11-10-17(20)22(23,24)25)31-27-32(29,30)16-8-4-3-5-9-16/h3-13,27H,1-2H3. The van der Waals surface area contributed by atoms with Gasteiger partial charge in [-0.2, -0.15) is 13.2 Å². The average Bonchev–Trinajstić information content (AvgIpc) is 3.18. The van der Waals surface area contributed by atoms with E-state index in [4.69, 9.17) is 4.84 Å². The van der Waals surface area contributed by atoms with Crippen molar-refractivity contribution in [3.8, 4) is 17.0 Å².